The third-order valence-electron chi connectivity index (χ3n) is 2.96. The minimum atomic E-state index is -0.0607. The Balaban J connectivity index is 2.11. The van der Waals surface area contributed by atoms with E-state index in [-0.39, 0.29) is 11.8 Å². The number of carbonyl (C=O) groups excluding carboxylic acids is 1. The van der Waals surface area contributed by atoms with Crippen LogP contribution in [0.5, 0.6) is 0 Å². The van der Waals surface area contributed by atoms with E-state index in [9.17, 15) is 4.79 Å². The van der Waals surface area contributed by atoms with Gasteiger partial charge in [0.05, 0.1) is 17.5 Å². The van der Waals surface area contributed by atoms with Gasteiger partial charge in [0.25, 0.3) is 5.91 Å². The van der Waals surface area contributed by atoms with Gasteiger partial charge in [-0.05, 0) is 22.0 Å². The molecule has 0 spiro atoms. The Morgan fingerprint density at radius 1 is 1.71 bits per heavy atom. The van der Waals surface area contributed by atoms with Crippen molar-refractivity contribution in [2.24, 2.45) is 11.1 Å². The van der Waals surface area contributed by atoms with Crippen LogP contribution in [0.15, 0.2) is 26.6 Å². The second-order valence-electron chi connectivity index (χ2n) is 4.10. The molecule has 1 aliphatic heterocycles. The third kappa shape index (κ3) is 2.36. The maximum atomic E-state index is 12.2. The van der Waals surface area contributed by atoms with Gasteiger partial charge < -0.3 is 14.5 Å². The topological polar surface area (TPSA) is 66.0 Å². The Hall–Kier alpha value is -1.30. The molecule has 1 atom stereocenters. The summed E-state index contributed by atoms with van der Waals surface area (Å²) in [5, 5.41) is 12.0. The van der Waals surface area contributed by atoms with E-state index in [2.05, 4.69) is 21.1 Å². The highest BCUT2D eigenvalue weighted by Gasteiger charge is 2.28. The van der Waals surface area contributed by atoms with Crippen molar-refractivity contribution in [3.05, 3.63) is 22.6 Å². The summed E-state index contributed by atoms with van der Waals surface area (Å²) in [5.74, 6) is 0.0258. The lowest BCUT2D eigenvalue weighted by Crippen LogP contribution is -2.43. The number of oxime groups is 1. The fourth-order valence-corrected chi connectivity index (χ4v) is 2.38. The average Bonchev–Trinajstić information content (AvgIpc) is 2.74. The molecule has 1 aliphatic rings. The van der Waals surface area contributed by atoms with Gasteiger partial charge in [-0.1, -0.05) is 12.1 Å². The highest BCUT2D eigenvalue weighted by atomic mass is 79.9. The van der Waals surface area contributed by atoms with Gasteiger partial charge in [0, 0.05) is 25.4 Å². The number of hydrogen-bond acceptors (Lipinski definition) is 4. The fraction of sp³-hybridized carbons (Fsp3) is 0.455. The van der Waals surface area contributed by atoms with Crippen LogP contribution < -0.4 is 0 Å². The molecule has 1 saturated heterocycles. The molecule has 0 aromatic carbocycles. The van der Waals surface area contributed by atoms with Gasteiger partial charge in [-0.3, -0.25) is 4.79 Å². The normalized spacial score (nSPS) is 23.1. The highest BCUT2D eigenvalue weighted by molar-refractivity contribution is 9.10. The molecule has 6 heteroatoms. The van der Waals surface area contributed by atoms with Crippen molar-refractivity contribution in [3.8, 4) is 0 Å². The van der Waals surface area contributed by atoms with Crippen LogP contribution in [-0.4, -0.2) is 34.8 Å². The Labute approximate surface area is 107 Å². The molecular weight excluding hydrogens is 288 g/mol. The summed E-state index contributed by atoms with van der Waals surface area (Å²) in [4.78, 5) is 13.9. The van der Waals surface area contributed by atoms with Gasteiger partial charge in [-0.2, -0.15) is 0 Å². The minimum Gasteiger partial charge on any atom is -0.457 e. The lowest BCUT2D eigenvalue weighted by Gasteiger charge is -2.31. The standard InChI is InChI=1S/C11H13BrN2O3/c1-7-6-14(4-2-9(7)13-16)11(15)8-3-5-17-10(8)12/h3,5,7,16H,2,4,6H2,1H3/b13-9+. The number of piperidine rings is 1. The first-order valence-corrected chi connectivity index (χ1v) is 6.16. The van der Waals surface area contributed by atoms with Crippen LogP contribution in [0.4, 0.5) is 0 Å². The SMILES string of the molecule is CC1CN(C(=O)c2ccoc2Br)CC/C1=N\O. The first-order valence-electron chi connectivity index (χ1n) is 5.36. The number of nitrogens with zero attached hydrogens (tertiary/aromatic N) is 2. The van der Waals surface area contributed by atoms with E-state index in [0.29, 0.717) is 29.7 Å². The maximum absolute atomic E-state index is 12.2. The number of hydrogen-bond donors (Lipinski definition) is 1. The summed E-state index contributed by atoms with van der Waals surface area (Å²) in [6, 6.07) is 1.65. The van der Waals surface area contributed by atoms with E-state index in [0.717, 1.165) is 5.71 Å². The number of halogens is 1. The van der Waals surface area contributed by atoms with E-state index in [1.807, 2.05) is 6.92 Å². The van der Waals surface area contributed by atoms with Crippen molar-refractivity contribution in [1.29, 1.82) is 0 Å². The summed E-state index contributed by atoms with van der Waals surface area (Å²) in [6.07, 6.45) is 2.09. The van der Waals surface area contributed by atoms with Gasteiger partial charge in [-0.15, -0.1) is 0 Å². The predicted molar refractivity (Wildman–Crippen MR) is 65.3 cm³/mol. The van der Waals surface area contributed by atoms with Crippen LogP contribution in [0.2, 0.25) is 0 Å². The first-order chi connectivity index (χ1) is 8.13. The molecule has 1 aromatic heterocycles. The molecule has 1 fully saturated rings. The molecule has 17 heavy (non-hydrogen) atoms. The van der Waals surface area contributed by atoms with Crippen LogP contribution in [0.25, 0.3) is 0 Å². The van der Waals surface area contributed by atoms with Gasteiger partial charge in [0.2, 0.25) is 0 Å². The lowest BCUT2D eigenvalue weighted by molar-refractivity contribution is 0.0732. The Bertz CT molecular complexity index is 455. The summed E-state index contributed by atoms with van der Waals surface area (Å²) in [5.41, 5.74) is 1.28. The zero-order chi connectivity index (χ0) is 12.4. The summed E-state index contributed by atoms with van der Waals surface area (Å²) in [6.45, 7) is 3.08. The van der Waals surface area contributed by atoms with Gasteiger partial charge in [0.1, 0.15) is 0 Å². The van der Waals surface area contributed by atoms with Crippen molar-refractivity contribution in [1.82, 2.24) is 4.90 Å². The second kappa shape index (κ2) is 4.91. The van der Waals surface area contributed by atoms with E-state index >= 15 is 0 Å². The molecule has 92 valence electrons. The van der Waals surface area contributed by atoms with E-state index in [1.54, 1.807) is 11.0 Å². The third-order valence-corrected chi connectivity index (χ3v) is 3.58. The number of furan rings is 1. The van der Waals surface area contributed by atoms with Crippen molar-refractivity contribution in [2.75, 3.05) is 13.1 Å². The molecule has 2 heterocycles. The predicted octanol–water partition coefficient (Wildman–Crippen LogP) is 2.35. The molecule has 0 bridgehead atoms. The molecule has 1 unspecified atom stereocenters. The first kappa shape index (κ1) is 12.2. The molecule has 1 N–H and O–H groups in total. The number of rotatable bonds is 1. The van der Waals surface area contributed by atoms with E-state index < -0.39 is 0 Å². The summed E-state index contributed by atoms with van der Waals surface area (Å²) >= 11 is 3.20. The minimum absolute atomic E-state index is 0.0607. The average molecular weight is 301 g/mol. The second-order valence-corrected chi connectivity index (χ2v) is 4.82. The van der Waals surface area contributed by atoms with Crippen LogP contribution in [-0.2, 0) is 0 Å². The lowest BCUT2D eigenvalue weighted by atomic mass is 9.97. The Morgan fingerprint density at radius 2 is 2.47 bits per heavy atom. The molecule has 1 amide bonds. The maximum Gasteiger partial charge on any atom is 0.258 e. The van der Waals surface area contributed by atoms with Crippen LogP contribution >= 0.6 is 15.9 Å². The fourth-order valence-electron chi connectivity index (χ4n) is 1.97. The van der Waals surface area contributed by atoms with Crippen LogP contribution in [0, 0.1) is 5.92 Å². The monoisotopic (exact) mass is 300 g/mol. The summed E-state index contributed by atoms with van der Waals surface area (Å²) < 4.78 is 5.51. The van der Waals surface area contributed by atoms with Gasteiger partial charge in [0.15, 0.2) is 4.67 Å². The van der Waals surface area contributed by atoms with Crippen molar-refractivity contribution >= 4 is 27.5 Å². The summed E-state index contributed by atoms with van der Waals surface area (Å²) in [7, 11) is 0. The zero-order valence-corrected chi connectivity index (χ0v) is 11.0. The smallest absolute Gasteiger partial charge is 0.258 e. The molecule has 2 rings (SSSR count). The number of likely N-dealkylation sites (tertiary alicyclic amines) is 1. The van der Waals surface area contributed by atoms with Crippen molar-refractivity contribution < 1.29 is 14.4 Å². The van der Waals surface area contributed by atoms with Crippen LogP contribution in [0.1, 0.15) is 23.7 Å². The molecule has 0 radical (unpaired) electrons. The molecule has 1 aromatic rings. The molecular formula is C11H13BrN2O3. The number of carbonyl (C=O) groups is 1. The number of amides is 1. The molecule has 5 nitrogen and oxygen atoms in total. The van der Waals surface area contributed by atoms with E-state index in [1.165, 1.54) is 6.26 Å². The Kier molecular flexibility index (Phi) is 3.51. The van der Waals surface area contributed by atoms with Crippen LogP contribution in [0.3, 0.4) is 0 Å². The molecule has 0 saturated carbocycles. The van der Waals surface area contributed by atoms with Crippen molar-refractivity contribution in [2.45, 2.75) is 13.3 Å². The molecule has 0 aliphatic carbocycles. The van der Waals surface area contributed by atoms with Gasteiger partial charge >= 0.3 is 0 Å². The zero-order valence-electron chi connectivity index (χ0n) is 9.39. The highest BCUT2D eigenvalue weighted by Crippen LogP contribution is 2.22. The van der Waals surface area contributed by atoms with Crippen molar-refractivity contribution in [3.63, 3.8) is 0 Å². The van der Waals surface area contributed by atoms with E-state index in [4.69, 9.17) is 9.62 Å². The Morgan fingerprint density at radius 3 is 3.00 bits per heavy atom. The largest absolute Gasteiger partial charge is 0.457 e. The quantitative estimate of drug-likeness (QED) is 0.639. The van der Waals surface area contributed by atoms with Gasteiger partial charge in [-0.25, -0.2) is 0 Å².